The normalized spacial score (nSPS) is 14.6. The molecule has 1 aliphatic rings. The Morgan fingerprint density at radius 1 is 1.25 bits per heavy atom. The lowest BCUT2D eigenvalue weighted by Gasteiger charge is -2.20. The first-order valence-corrected chi connectivity index (χ1v) is 10.3. The fourth-order valence-corrected chi connectivity index (χ4v) is 3.82. The number of alkyl halides is 3. The lowest BCUT2D eigenvalue weighted by Crippen LogP contribution is -2.24. The predicted octanol–water partition coefficient (Wildman–Crippen LogP) is 4.45. The first-order valence-electron chi connectivity index (χ1n) is 9.53. The number of carbonyl (C=O) groups excluding carboxylic acids is 1. The van der Waals surface area contributed by atoms with E-state index in [1.807, 2.05) is 19.9 Å². The smallest absolute Gasteiger partial charge is 0.417 e. The lowest BCUT2D eigenvalue weighted by molar-refractivity contribution is -0.137. The van der Waals surface area contributed by atoms with E-state index >= 15 is 0 Å². The van der Waals surface area contributed by atoms with E-state index in [1.54, 1.807) is 6.20 Å². The average molecular weight is 464 g/mol. The molecule has 1 aliphatic heterocycles. The van der Waals surface area contributed by atoms with Crippen molar-refractivity contribution in [1.82, 2.24) is 19.3 Å². The second kappa shape index (κ2) is 7.69. The summed E-state index contributed by atoms with van der Waals surface area (Å²) in [5.41, 5.74) is 0.253. The van der Waals surface area contributed by atoms with Crippen LogP contribution >= 0.6 is 11.5 Å². The highest BCUT2D eigenvalue weighted by Crippen LogP contribution is 2.37. The maximum atomic E-state index is 13.1. The van der Waals surface area contributed by atoms with Gasteiger partial charge in [-0.15, -0.1) is 0 Å². The molecule has 0 spiro atoms. The standard InChI is InChI=1S/C20H19F3N6O2S/c1-10(30)29(4)14-6-12(20(21,22)23)8-25-17(14)27-18-26-16(28-32-18)13-5-11-7-19(2,3)31-15(11)9-24-13/h5-6,8-9H,7H2,1-4H3,(H,25,26,27,28). The van der Waals surface area contributed by atoms with Gasteiger partial charge in [0.1, 0.15) is 17.0 Å². The van der Waals surface area contributed by atoms with Gasteiger partial charge in [0.15, 0.2) is 11.6 Å². The third-order valence-electron chi connectivity index (χ3n) is 4.86. The molecule has 0 unspecified atom stereocenters. The number of hydrogen-bond acceptors (Lipinski definition) is 8. The van der Waals surface area contributed by atoms with Crippen molar-refractivity contribution in [3.8, 4) is 17.3 Å². The molecule has 12 heteroatoms. The molecule has 3 aromatic rings. The number of rotatable bonds is 4. The van der Waals surface area contributed by atoms with Crippen molar-refractivity contribution >= 4 is 34.1 Å². The Balaban J connectivity index is 1.62. The monoisotopic (exact) mass is 464 g/mol. The molecule has 8 nitrogen and oxygen atoms in total. The van der Waals surface area contributed by atoms with E-state index in [-0.39, 0.29) is 17.1 Å². The predicted molar refractivity (Wildman–Crippen MR) is 113 cm³/mol. The number of nitrogens with zero attached hydrogens (tertiary/aromatic N) is 5. The second-order valence-electron chi connectivity index (χ2n) is 7.93. The molecule has 3 aromatic heterocycles. The van der Waals surface area contributed by atoms with Gasteiger partial charge < -0.3 is 15.0 Å². The fourth-order valence-electron chi connectivity index (χ4n) is 3.24. The van der Waals surface area contributed by atoms with Crippen LogP contribution in [-0.2, 0) is 17.4 Å². The van der Waals surface area contributed by atoms with Crippen LogP contribution in [0, 0.1) is 0 Å². The number of aromatic nitrogens is 4. The van der Waals surface area contributed by atoms with Gasteiger partial charge in [0.05, 0.1) is 17.4 Å². The van der Waals surface area contributed by atoms with Crippen molar-refractivity contribution in [2.75, 3.05) is 17.3 Å². The summed E-state index contributed by atoms with van der Waals surface area (Å²) in [6.45, 7) is 5.22. The quantitative estimate of drug-likeness (QED) is 0.610. The number of fused-ring (bicyclic) bond motifs is 1. The van der Waals surface area contributed by atoms with Crippen LogP contribution in [0.2, 0.25) is 0 Å². The zero-order chi connectivity index (χ0) is 23.3. The van der Waals surface area contributed by atoms with Crippen molar-refractivity contribution in [2.45, 2.75) is 39.0 Å². The fraction of sp³-hybridized carbons (Fsp3) is 0.350. The van der Waals surface area contributed by atoms with Crippen LogP contribution in [0.1, 0.15) is 31.9 Å². The average Bonchev–Trinajstić information content (AvgIpc) is 3.28. The molecule has 4 heterocycles. The molecule has 1 amide bonds. The molecular formula is C20H19F3N6O2S. The summed E-state index contributed by atoms with van der Waals surface area (Å²) in [5.74, 6) is 0.687. The summed E-state index contributed by atoms with van der Waals surface area (Å²) in [4.78, 5) is 25.5. The van der Waals surface area contributed by atoms with Crippen molar-refractivity contribution in [2.24, 2.45) is 0 Å². The third-order valence-corrected chi connectivity index (χ3v) is 5.49. The second-order valence-corrected chi connectivity index (χ2v) is 8.68. The van der Waals surface area contributed by atoms with Gasteiger partial charge in [-0.1, -0.05) is 0 Å². The Kier molecular flexibility index (Phi) is 5.27. The topological polar surface area (TPSA) is 93.1 Å². The maximum Gasteiger partial charge on any atom is 0.417 e. The third kappa shape index (κ3) is 4.35. The minimum atomic E-state index is -4.59. The van der Waals surface area contributed by atoms with Gasteiger partial charge in [-0.3, -0.25) is 4.79 Å². The van der Waals surface area contributed by atoms with Crippen molar-refractivity contribution < 1.29 is 22.7 Å². The van der Waals surface area contributed by atoms with E-state index in [0.29, 0.717) is 22.8 Å². The molecular weight excluding hydrogens is 445 g/mol. The van der Waals surface area contributed by atoms with Gasteiger partial charge in [0, 0.05) is 43.7 Å². The molecule has 1 N–H and O–H groups in total. The molecule has 0 radical (unpaired) electrons. The van der Waals surface area contributed by atoms with Crippen molar-refractivity contribution in [3.05, 3.63) is 35.7 Å². The highest BCUT2D eigenvalue weighted by molar-refractivity contribution is 7.09. The number of halogens is 3. The molecule has 0 atom stereocenters. The van der Waals surface area contributed by atoms with Gasteiger partial charge in [0.2, 0.25) is 11.0 Å². The van der Waals surface area contributed by atoms with E-state index in [1.165, 1.54) is 14.0 Å². The number of hydrogen-bond donors (Lipinski definition) is 1. The minimum Gasteiger partial charge on any atom is -0.486 e. The summed E-state index contributed by atoms with van der Waals surface area (Å²) in [6.07, 6.45) is -1.54. The molecule has 0 bridgehead atoms. The Morgan fingerprint density at radius 3 is 2.69 bits per heavy atom. The summed E-state index contributed by atoms with van der Waals surface area (Å²) in [7, 11) is 1.37. The van der Waals surface area contributed by atoms with Crippen LogP contribution in [0.4, 0.5) is 29.8 Å². The number of amides is 1. The molecule has 0 aliphatic carbocycles. The van der Waals surface area contributed by atoms with Crippen LogP contribution in [0.5, 0.6) is 5.75 Å². The van der Waals surface area contributed by atoms with E-state index < -0.39 is 17.6 Å². The summed E-state index contributed by atoms with van der Waals surface area (Å²) >= 11 is 1.00. The lowest BCUT2D eigenvalue weighted by atomic mass is 10.0. The zero-order valence-electron chi connectivity index (χ0n) is 17.6. The zero-order valence-corrected chi connectivity index (χ0v) is 18.4. The Bertz CT molecular complexity index is 1190. The maximum absolute atomic E-state index is 13.1. The van der Waals surface area contributed by atoms with Gasteiger partial charge in [-0.05, 0) is 26.0 Å². The Hall–Kier alpha value is -3.28. The largest absolute Gasteiger partial charge is 0.486 e. The minimum absolute atomic E-state index is 0.0286. The number of pyridine rings is 2. The van der Waals surface area contributed by atoms with Gasteiger partial charge >= 0.3 is 6.18 Å². The van der Waals surface area contributed by atoms with Crippen molar-refractivity contribution in [1.29, 1.82) is 0 Å². The number of carbonyl (C=O) groups is 1. The summed E-state index contributed by atoms with van der Waals surface area (Å²) in [6, 6.07) is 2.73. The van der Waals surface area contributed by atoms with E-state index in [9.17, 15) is 18.0 Å². The summed E-state index contributed by atoms with van der Waals surface area (Å²) < 4.78 is 49.5. The molecule has 0 fully saturated rings. The number of anilines is 3. The van der Waals surface area contributed by atoms with Crippen LogP contribution in [0.25, 0.3) is 11.5 Å². The van der Waals surface area contributed by atoms with Gasteiger partial charge in [-0.25, -0.2) is 9.97 Å². The van der Waals surface area contributed by atoms with Crippen LogP contribution in [-0.4, -0.2) is 37.9 Å². The first kappa shape index (κ1) is 21.9. The van der Waals surface area contributed by atoms with Gasteiger partial charge in [-0.2, -0.15) is 22.5 Å². The number of nitrogens with one attached hydrogen (secondary N) is 1. The SMILES string of the molecule is CC(=O)N(C)c1cc(C(F)(F)F)cnc1Nc1nc(-c2cc3c(cn2)OC(C)(C)C3)ns1. The molecule has 168 valence electrons. The van der Waals surface area contributed by atoms with Crippen LogP contribution < -0.4 is 15.0 Å². The molecule has 4 rings (SSSR count). The van der Waals surface area contributed by atoms with Crippen LogP contribution in [0.15, 0.2) is 24.5 Å². The van der Waals surface area contributed by atoms with E-state index in [0.717, 1.165) is 40.2 Å². The first-order chi connectivity index (χ1) is 14.9. The van der Waals surface area contributed by atoms with E-state index in [2.05, 4.69) is 24.6 Å². The molecule has 32 heavy (non-hydrogen) atoms. The van der Waals surface area contributed by atoms with E-state index in [4.69, 9.17) is 4.74 Å². The Labute approximate surface area is 185 Å². The Morgan fingerprint density at radius 2 is 2.00 bits per heavy atom. The number of ether oxygens (including phenoxy) is 1. The summed E-state index contributed by atoms with van der Waals surface area (Å²) in [5, 5.41) is 3.16. The van der Waals surface area contributed by atoms with Crippen LogP contribution in [0.3, 0.4) is 0 Å². The highest BCUT2D eigenvalue weighted by atomic mass is 32.1. The highest BCUT2D eigenvalue weighted by Gasteiger charge is 2.33. The van der Waals surface area contributed by atoms with Gasteiger partial charge in [0.25, 0.3) is 0 Å². The van der Waals surface area contributed by atoms with Crippen molar-refractivity contribution in [3.63, 3.8) is 0 Å². The molecule has 0 aromatic carbocycles. The molecule has 0 saturated heterocycles. The molecule has 0 saturated carbocycles.